The lowest BCUT2D eigenvalue weighted by Crippen LogP contribution is -2.29. The van der Waals surface area contributed by atoms with E-state index in [0.717, 1.165) is 18.2 Å². The summed E-state index contributed by atoms with van der Waals surface area (Å²) in [4.78, 5) is 0. The van der Waals surface area contributed by atoms with E-state index in [1.54, 1.807) is 6.26 Å². The molecule has 1 aliphatic rings. The maximum atomic E-state index is 5.44. The van der Waals surface area contributed by atoms with Gasteiger partial charge in [0, 0.05) is 6.04 Å². The molecule has 2 nitrogen and oxygen atoms in total. The first-order valence-electron chi connectivity index (χ1n) is 7.74. The van der Waals surface area contributed by atoms with Crippen LogP contribution in [0.4, 0.5) is 0 Å². The Morgan fingerprint density at radius 2 is 1.80 bits per heavy atom. The van der Waals surface area contributed by atoms with Gasteiger partial charge in [-0.3, -0.25) is 0 Å². The zero-order chi connectivity index (χ0) is 13.6. The summed E-state index contributed by atoms with van der Waals surface area (Å²) in [5.74, 6) is 1.77. The van der Waals surface area contributed by atoms with E-state index < -0.39 is 0 Å². The molecule has 0 bridgehead atoms. The molecular formula is C18H23NO. The van der Waals surface area contributed by atoms with Crippen LogP contribution in [0.5, 0.6) is 0 Å². The lowest BCUT2D eigenvalue weighted by Gasteiger charge is -2.31. The van der Waals surface area contributed by atoms with E-state index in [9.17, 15) is 0 Å². The Labute approximate surface area is 121 Å². The SMILES string of the molecule is c1ccc(C(NCc2ccco2)C2CCCCC2)cc1. The van der Waals surface area contributed by atoms with Crippen molar-refractivity contribution < 1.29 is 4.42 Å². The van der Waals surface area contributed by atoms with Crippen LogP contribution in [-0.2, 0) is 6.54 Å². The largest absolute Gasteiger partial charge is 0.468 e. The van der Waals surface area contributed by atoms with Gasteiger partial charge in [0.2, 0.25) is 0 Å². The molecule has 2 aromatic rings. The molecule has 2 heteroatoms. The fourth-order valence-electron chi connectivity index (χ4n) is 3.31. The number of hydrogen-bond acceptors (Lipinski definition) is 2. The van der Waals surface area contributed by atoms with E-state index in [4.69, 9.17) is 4.42 Å². The van der Waals surface area contributed by atoms with Crippen molar-refractivity contribution in [3.8, 4) is 0 Å². The van der Waals surface area contributed by atoms with E-state index in [-0.39, 0.29) is 0 Å². The maximum Gasteiger partial charge on any atom is 0.117 e. The summed E-state index contributed by atoms with van der Waals surface area (Å²) in [7, 11) is 0. The number of furan rings is 1. The lowest BCUT2D eigenvalue weighted by molar-refractivity contribution is 0.265. The molecule has 0 radical (unpaired) electrons. The van der Waals surface area contributed by atoms with Crippen LogP contribution in [0.1, 0.15) is 49.5 Å². The lowest BCUT2D eigenvalue weighted by atomic mass is 9.81. The molecule has 0 saturated heterocycles. The van der Waals surface area contributed by atoms with E-state index in [1.165, 1.54) is 37.7 Å². The van der Waals surface area contributed by atoms with Gasteiger partial charge >= 0.3 is 0 Å². The van der Waals surface area contributed by atoms with E-state index in [0.29, 0.717) is 6.04 Å². The summed E-state index contributed by atoms with van der Waals surface area (Å²) in [6.45, 7) is 0.809. The minimum Gasteiger partial charge on any atom is -0.468 e. The highest BCUT2D eigenvalue weighted by molar-refractivity contribution is 5.20. The molecule has 1 aromatic heterocycles. The molecule has 1 fully saturated rings. The van der Waals surface area contributed by atoms with Crippen molar-refractivity contribution in [1.29, 1.82) is 0 Å². The van der Waals surface area contributed by atoms with Crippen molar-refractivity contribution in [2.75, 3.05) is 0 Å². The summed E-state index contributed by atoms with van der Waals surface area (Å²) < 4.78 is 5.44. The van der Waals surface area contributed by atoms with Crippen molar-refractivity contribution in [2.45, 2.75) is 44.7 Å². The van der Waals surface area contributed by atoms with Crippen LogP contribution in [-0.4, -0.2) is 0 Å². The Morgan fingerprint density at radius 1 is 1.00 bits per heavy atom. The van der Waals surface area contributed by atoms with Gasteiger partial charge in [0.15, 0.2) is 0 Å². The third-order valence-electron chi connectivity index (χ3n) is 4.36. The highest BCUT2D eigenvalue weighted by atomic mass is 16.3. The number of hydrogen-bond donors (Lipinski definition) is 1. The molecule has 0 aliphatic heterocycles. The van der Waals surface area contributed by atoms with Crippen LogP contribution in [0, 0.1) is 5.92 Å². The third kappa shape index (κ3) is 3.31. The molecule has 3 rings (SSSR count). The van der Waals surface area contributed by atoms with Gasteiger partial charge in [-0.2, -0.15) is 0 Å². The zero-order valence-corrected chi connectivity index (χ0v) is 11.9. The molecule has 1 saturated carbocycles. The fraction of sp³-hybridized carbons (Fsp3) is 0.444. The first-order valence-corrected chi connectivity index (χ1v) is 7.74. The van der Waals surface area contributed by atoms with Gasteiger partial charge in [0.1, 0.15) is 5.76 Å². The molecule has 20 heavy (non-hydrogen) atoms. The first kappa shape index (κ1) is 13.4. The highest BCUT2D eigenvalue weighted by Gasteiger charge is 2.24. The van der Waals surface area contributed by atoms with Gasteiger partial charge < -0.3 is 9.73 Å². The van der Waals surface area contributed by atoms with Gasteiger partial charge in [0.25, 0.3) is 0 Å². The van der Waals surface area contributed by atoms with E-state index in [1.807, 2.05) is 12.1 Å². The Morgan fingerprint density at radius 3 is 2.50 bits per heavy atom. The van der Waals surface area contributed by atoms with Gasteiger partial charge in [-0.25, -0.2) is 0 Å². The summed E-state index contributed by atoms with van der Waals surface area (Å²) >= 11 is 0. The Kier molecular flexibility index (Phi) is 4.54. The van der Waals surface area contributed by atoms with Gasteiger partial charge in [-0.15, -0.1) is 0 Å². The second-order valence-electron chi connectivity index (χ2n) is 5.75. The molecule has 1 heterocycles. The second-order valence-corrected chi connectivity index (χ2v) is 5.75. The van der Waals surface area contributed by atoms with Crippen LogP contribution < -0.4 is 5.32 Å². The van der Waals surface area contributed by atoms with Crippen molar-refractivity contribution >= 4 is 0 Å². The standard InChI is InChI=1S/C18H23NO/c1-3-8-15(9-4-1)18(16-10-5-2-6-11-16)19-14-17-12-7-13-20-17/h1,3-4,7-9,12-13,16,18-19H,2,5-6,10-11,14H2. The normalized spacial score (nSPS) is 18.0. The minimum absolute atomic E-state index is 0.446. The molecule has 106 valence electrons. The monoisotopic (exact) mass is 269 g/mol. The van der Waals surface area contributed by atoms with Crippen molar-refractivity contribution in [1.82, 2.24) is 5.32 Å². The smallest absolute Gasteiger partial charge is 0.117 e. The van der Waals surface area contributed by atoms with Crippen molar-refractivity contribution in [3.63, 3.8) is 0 Å². The topological polar surface area (TPSA) is 25.2 Å². The van der Waals surface area contributed by atoms with Crippen LogP contribution >= 0.6 is 0 Å². The van der Waals surface area contributed by atoms with E-state index >= 15 is 0 Å². The zero-order valence-electron chi connectivity index (χ0n) is 11.9. The molecule has 1 N–H and O–H groups in total. The van der Waals surface area contributed by atoms with Gasteiger partial charge in [-0.05, 0) is 36.5 Å². The third-order valence-corrected chi connectivity index (χ3v) is 4.36. The second kappa shape index (κ2) is 6.76. The molecule has 1 aliphatic carbocycles. The number of benzene rings is 1. The molecule has 1 atom stereocenters. The Bertz CT molecular complexity index is 485. The summed E-state index contributed by atoms with van der Waals surface area (Å²) in [5, 5.41) is 3.71. The van der Waals surface area contributed by atoms with Crippen molar-refractivity contribution in [2.24, 2.45) is 5.92 Å². The van der Waals surface area contributed by atoms with Crippen LogP contribution in [0.15, 0.2) is 53.1 Å². The van der Waals surface area contributed by atoms with Crippen LogP contribution in [0.2, 0.25) is 0 Å². The highest BCUT2D eigenvalue weighted by Crippen LogP contribution is 2.34. The predicted octanol–water partition coefficient (Wildman–Crippen LogP) is 4.69. The number of nitrogens with one attached hydrogen (secondary N) is 1. The Balaban J connectivity index is 1.72. The molecule has 0 amide bonds. The molecule has 0 spiro atoms. The molecule has 1 aromatic carbocycles. The van der Waals surface area contributed by atoms with E-state index in [2.05, 4.69) is 35.6 Å². The molecule has 1 unspecified atom stereocenters. The quantitative estimate of drug-likeness (QED) is 0.851. The minimum atomic E-state index is 0.446. The maximum absolute atomic E-state index is 5.44. The first-order chi connectivity index (χ1) is 9.93. The van der Waals surface area contributed by atoms with Crippen LogP contribution in [0.25, 0.3) is 0 Å². The van der Waals surface area contributed by atoms with Crippen LogP contribution in [0.3, 0.4) is 0 Å². The summed E-state index contributed by atoms with van der Waals surface area (Å²) in [6, 6.07) is 15.3. The average molecular weight is 269 g/mol. The Hall–Kier alpha value is -1.54. The van der Waals surface area contributed by atoms with Crippen molar-refractivity contribution in [3.05, 3.63) is 60.1 Å². The summed E-state index contributed by atoms with van der Waals surface area (Å²) in [5.41, 5.74) is 1.41. The van der Waals surface area contributed by atoms with Gasteiger partial charge in [-0.1, -0.05) is 49.6 Å². The predicted molar refractivity (Wildman–Crippen MR) is 81.3 cm³/mol. The number of rotatable bonds is 5. The average Bonchev–Trinajstić information content (AvgIpc) is 3.03. The van der Waals surface area contributed by atoms with Gasteiger partial charge in [0.05, 0.1) is 12.8 Å². The summed E-state index contributed by atoms with van der Waals surface area (Å²) in [6.07, 6.45) is 8.56. The molecular weight excluding hydrogens is 246 g/mol. The fourth-order valence-corrected chi connectivity index (χ4v) is 3.31.